The topological polar surface area (TPSA) is 49.3 Å². The number of halogens is 1. The van der Waals surface area contributed by atoms with Crippen molar-refractivity contribution < 1.29 is 4.79 Å². The van der Waals surface area contributed by atoms with E-state index >= 15 is 0 Å². The lowest BCUT2D eigenvalue weighted by Crippen LogP contribution is -2.38. The third-order valence-electron chi connectivity index (χ3n) is 3.26. The maximum absolute atomic E-state index is 12.1. The number of carbonyl (C=O) groups is 1. The zero-order chi connectivity index (χ0) is 15.4. The SMILES string of the molecule is CCN(CC)C(=O)CN(C)Cc1nc(Cl)c2ccsc2n1. The van der Waals surface area contributed by atoms with E-state index in [9.17, 15) is 4.79 Å². The zero-order valence-electron chi connectivity index (χ0n) is 12.5. The molecule has 21 heavy (non-hydrogen) atoms. The molecule has 2 rings (SSSR count). The molecule has 0 N–H and O–H groups in total. The number of aromatic nitrogens is 2. The van der Waals surface area contributed by atoms with Crippen LogP contribution in [0.4, 0.5) is 0 Å². The molecule has 0 aliphatic carbocycles. The first kappa shape index (κ1) is 16.1. The molecule has 0 atom stereocenters. The van der Waals surface area contributed by atoms with Gasteiger partial charge in [-0.1, -0.05) is 11.6 Å². The van der Waals surface area contributed by atoms with Gasteiger partial charge in [0, 0.05) is 18.5 Å². The lowest BCUT2D eigenvalue weighted by atomic mass is 10.4. The van der Waals surface area contributed by atoms with Gasteiger partial charge in [-0.2, -0.15) is 0 Å². The predicted molar refractivity (Wildman–Crippen MR) is 86.7 cm³/mol. The number of hydrogen-bond donors (Lipinski definition) is 0. The molecule has 0 radical (unpaired) electrons. The van der Waals surface area contributed by atoms with Gasteiger partial charge in [-0.05, 0) is 32.3 Å². The highest BCUT2D eigenvalue weighted by molar-refractivity contribution is 7.16. The van der Waals surface area contributed by atoms with Crippen molar-refractivity contribution in [2.24, 2.45) is 0 Å². The summed E-state index contributed by atoms with van der Waals surface area (Å²) in [5, 5.41) is 3.30. The minimum absolute atomic E-state index is 0.116. The standard InChI is InChI=1S/C14H19ClN4OS/c1-4-19(5-2)12(20)9-18(3)8-11-16-13(15)10-6-7-21-14(10)17-11/h6-7H,4-5,8-9H2,1-3H3. The van der Waals surface area contributed by atoms with Gasteiger partial charge in [-0.15, -0.1) is 11.3 Å². The minimum atomic E-state index is 0.116. The number of amides is 1. The van der Waals surface area contributed by atoms with Gasteiger partial charge in [0.15, 0.2) is 0 Å². The van der Waals surface area contributed by atoms with Gasteiger partial charge in [0.05, 0.1) is 13.1 Å². The Hall–Kier alpha value is -1.24. The van der Waals surface area contributed by atoms with Crippen LogP contribution < -0.4 is 0 Å². The van der Waals surface area contributed by atoms with E-state index < -0.39 is 0 Å². The molecule has 5 nitrogen and oxygen atoms in total. The Morgan fingerprint density at radius 2 is 2.05 bits per heavy atom. The van der Waals surface area contributed by atoms with Crippen molar-refractivity contribution in [1.29, 1.82) is 0 Å². The third-order valence-corrected chi connectivity index (χ3v) is 4.35. The summed E-state index contributed by atoms with van der Waals surface area (Å²) >= 11 is 7.69. The molecule has 7 heteroatoms. The molecule has 0 aliphatic heterocycles. The molecular formula is C14H19ClN4OS. The Labute approximate surface area is 133 Å². The highest BCUT2D eigenvalue weighted by Gasteiger charge is 2.14. The molecule has 0 aliphatic rings. The Balaban J connectivity index is 2.04. The second-order valence-electron chi connectivity index (χ2n) is 4.81. The van der Waals surface area contributed by atoms with Crippen LogP contribution in [-0.2, 0) is 11.3 Å². The normalized spacial score (nSPS) is 11.3. The fourth-order valence-corrected chi connectivity index (χ4v) is 3.22. The van der Waals surface area contributed by atoms with Crippen LogP contribution in [0.5, 0.6) is 0 Å². The average Bonchev–Trinajstić information content (AvgIpc) is 2.88. The molecule has 0 bridgehead atoms. The summed E-state index contributed by atoms with van der Waals surface area (Å²) in [5.74, 6) is 0.760. The van der Waals surface area contributed by atoms with Gasteiger partial charge in [0.2, 0.25) is 5.91 Å². The van der Waals surface area contributed by atoms with E-state index in [-0.39, 0.29) is 5.91 Å². The fraction of sp³-hybridized carbons (Fsp3) is 0.500. The van der Waals surface area contributed by atoms with Gasteiger partial charge in [0.1, 0.15) is 15.8 Å². The van der Waals surface area contributed by atoms with Crippen molar-refractivity contribution in [3.63, 3.8) is 0 Å². The van der Waals surface area contributed by atoms with Crippen LogP contribution in [0.1, 0.15) is 19.7 Å². The van der Waals surface area contributed by atoms with Crippen molar-refractivity contribution in [3.05, 3.63) is 22.4 Å². The average molecular weight is 327 g/mol. The van der Waals surface area contributed by atoms with E-state index in [1.807, 2.05) is 42.1 Å². The van der Waals surface area contributed by atoms with Gasteiger partial charge in [-0.3, -0.25) is 9.69 Å². The third kappa shape index (κ3) is 3.90. The largest absolute Gasteiger partial charge is 0.342 e. The van der Waals surface area contributed by atoms with Crippen molar-refractivity contribution in [2.45, 2.75) is 20.4 Å². The summed E-state index contributed by atoms with van der Waals surface area (Å²) in [6.07, 6.45) is 0. The number of hydrogen-bond acceptors (Lipinski definition) is 5. The molecule has 0 fully saturated rings. The summed E-state index contributed by atoms with van der Waals surface area (Å²) in [7, 11) is 1.89. The number of likely N-dealkylation sites (N-methyl/N-ethyl adjacent to an activating group) is 2. The van der Waals surface area contributed by atoms with Gasteiger partial charge >= 0.3 is 0 Å². The van der Waals surface area contributed by atoms with Crippen LogP contribution in [0, 0.1) is 0 Å². The van der Waals surface area contributed by atoms with E-state index in [0.29, 0.717) is 24.1 Å². The molecule has 0 saturated heterocycles. The zero-order valence-corrected chi connectivity index (χ0v) is 14.0. The molecule has 0 spiro atoms. The number of rotatable bonds is 6. The maximum atomic E-state index is 12.1. The monoisotopic (exact) mass is 326 g/mol. The molecule has 2 aromatic heterocycles. The second kappa shape index (κ2) is 7.15. The van der Waals surface area contributed by atoms with Gasteiger partial charge < -0.3 is 4.90 Å². The molecule has 2 aromatic rings. The maximum Gasteiger partial charge on any atom is 0.236 e. The predicted octanol–water partition coefficient (Wildman–Crippen LogP) is 2.64. The quantitative estimate of drug-likeness (QED) is 0.766. The van der Waals surface area contributed by atoms with Crippen molar-refractivity contribution in [1.82, 2.24) is 19.8 Å². The van der Waals surface area contributed by atoms with Crippen LogP contribution >= 0.6 is 22.9 Å². The Kier molecular flexibility index (Phi) is 5.50. The molecule has 114 valence electrons. The molecule has 2 heterocycles. The summed E-state index contributed by atoms with van der Waals surface area (Å²) in [6, 6.07) is 1.92. The van der Waals surface area contributed by atoms with E-state index in [2.05, 4.69) is 9.97 Å². The summed E-state index contributed by atoms with van der Waals surface area (Å²) in [6.45, 7) is 6.27. The van der Waals surface area contributed by atoms with E-state index in [4.69, 9.17) is 11.6 Å². The number of thiophene rings is 1. The minimum Gasteiger partial charge on any atom is -0.342 e. The lowest BCUT2D eigenvalue weighted by Gasteiger charge is -2.22. The Morgan fingerprint density at radius 1 is 1.33 bits per heavy atom. The van der Waals surface area contributed by atoms with Crippen LogP contribution in [0.15, 0.2) is 11.4 Å². The van der Waals surface area contributed by atoms with Gasteiger partial charge in [0.25, 0.3) is 0 Å². The molecule has 0 saturated carbocycles. The smallest absolute Gasteiger partial charge is 0.236 e. The van der Waals surface area contributed by atoms with Gasteiger partial charge in [-0.25, -0.2) is 9.97 Å². The van der Waals surface area contributed by atoms with Crippen LogP contribution in [-0.4, -0.2) is 52.4 Å². The highest BCUT2D eigenvalue weighted by Crippen LogP contribution is 2.24. The van der Waals surface area contributed by atoms with E-state index in [0.717, 1.165) is 23.3 Å². The first-order valence-corrected chi connectivity index (χ1v) is 8.16. The Morgan fingerprint density at radius 3 is 2.71 bits per heavy atom. The van der Waals surface area contributed by atoms with Crippen molar-refractivity contribution >= 4 is 39.1 Å². The van der Waals surface area contributed by atoms with Crippen molar-refractivity contribution in [2.75, 3.05) is 26.7 Å². The van der Waals surface area contributed by atoms with Crippen LogP contribution in [0.25, 0.3) is 10.2 Å². The molecule has 0 aromatic carbocycles. The summed E-state index contributed by atoms with van der Waals surface area (Å²) in [5.41, 5.74) is 0. The fourth-order valence-electron chi connectivity index (χ4n) is 2.14. The lowest BCUT2D eigenvalue weighted by molar-refractivity contribution is -0.131. The summed E-state index contributed by atoms with van der Waals surface area (Å²) < 4.78 is 0. The number of nitrogens with zero attached hydrogens (tertiary/aromatic N) is 4. The summed E-state index contributed by atoms with van der Waals surface area (Å²) in [4.78, 5) is 25.5. The molecule has 1 amide bonds. The van der Waals surface area contributed by atoms with Crippen LogP contribution in [0.2, 0.25) is 5.15 Å². The van der Waals surface area contributed by atoms with E-state index in [1.54, 1.807) is 0 Å². The molecular weight excluding hydrogens is 308 g/mol. The van der Waals surface area contributed by atoms with E-state index in [1.165, 1.54) is 11.3 Å². The second-order valence-corrected chi connectivity index (χ2v) is 6.06. The van der Waals surface area contributed by atoms with Crippen LogP contribution in [0.3, 0.4) is 0 Å². The number of carbonyl (C=O) groups excluding carboxylic acids is 1. The highest BCUT2D eigenvalue weighted by atomic mass is 35.5. The molecule has 0 unspecified atom stereocenters. The first-order chi connectivity index (χ1) is 10.0. The first-order valence-electron chi connectivity index (χ1n) is 6.91. The Bertz CT molecular complexity index is 626. The van der Waals surface area contributed by atoms with Crippen molar-refractivity contribution in [3.8, 4) is 0 Å². The number of fused-ring (bicyclic) bond motifs is 1.